The van der Waals surface area contributed by atoms with Gasteiger partial charge in [-0.25, -0.2) is 4.39 Å². The predicted octanol–water partition coefficient (Wildman–Crippen LogP) is 2.94. The van der Waals surface area contributed by atoms with Gasteiger partial charge in [0.25, 0.3) is 0 Å². The van der Waals surface area contributed by atoms with Crippen molar-refractivity contribution < 1.29 is 9.18 Å². The van der Waals surface area contributed by atoms with Crippen LogP contribution in [0.5, 0.6) is 0 Å². The smallest absolute Gasteiger partial charge is 0.249 e. The summed E-state index contributed by atoms with van der Waals surface area (Å²) in [7, 11) is 0. The van der Waals surface area contributed by atoms with E-state index < -0.39 is 6.04 Å². The van der Waals surface area contributed by atoms with Gasteiger partial charge in [-0.3, -0.25) is 4.79 Å². The van der Waals surface area contributed by atoms with Crippen LogP contribution in [0.2, 0.25) is 0 Å². The molecule has 1 heterocycles. The van der Waals surface area contributed by atoms with Gasteiger partial charge < -0.3 is 10.6 Å². The lowest BCUT2D eigenvalue weighted by Crippen LogP contribution is -2.38. The lowest BCUT2D eigenvalue weighted by Gasteiger charge is -2.24. The number of anilines is 1. The van der Waals surface area contributed by atoms with Crippen molar-refractivity contribution in [3.63, 3.8) is 0 Å². The van der Waals surface area contributed by atoms with E-state index in [2.05, 4.69) is 0 Å². The third-order valence-corrected chi connectivity index (χ3v) is 3.77. The first-order valence-corrected chi connectivity index (χ1v) is 6.87. The fourth-order valence-electron chi connectivity index (χ4n) is 1.87. The lowest BCUT2D eigenvalue weighted by atomic mass is 10.2. The zero-order valence-corrected chi connectivity index (χ0v) is 11.4. The first-order chi connectivity index (χ1) is 9.13. The Bertz CT molecular complexity index is 556. The molecule has 0 aliphatic heterocycles. The van der Waals surface area contributed by atoms with Crippen molar-refractivity contribution in [2.24, 2.45) is 5.73 Å². The van der Waals surface area contributed by atoms with Gasteiger partial charge in [0.15, 0.2) is 0 Å². The molecular weight excluding hydrogens is 263 g/mol. The van der Waals surface area contributed by atoms with E-state index >= 15 is 0 Å². The normalized spacial score (nSPS) is 12.2. The summed E-state index contributed by atoms with van der Waals surface area (Å²) in [6.45, 7) is 2.28. The molecule has 0 bridgehead atoms. The zero-order chi connectivity index (χ0) is 13.8. The summed E-state index contributed by atoms with van der Waals surface area (Å²) in [4.78, 5) is 14.7. The van der Waals surface area contributed by atoms with Crippen LogP contribution in [0.1, 0.15) is 17.8 Å². The van der Waals surface area contributed by atoms with Gasteiger partial charge in [-0.05, 0) is 36.6 Å². The number of halogens is 1. The van der Waals surface area contributed by atoms with Gasteiger partial charge in [0.2, 0.25) is 5.91 Å². The van der Waals surface area contributed by atoms with E-state index in [0.29, 0.717) is 12.2 Å². The van der Waals surface area contributed by atoms with E-state index in [1.807, 2.05) is 24.4 Å². The number of hydrogen-bond acceptors (Lipinski definition) is 3. The molecule has 0 saturated heterocycles. The summed E-state index contributed by atoms with van der Waals surface area (Å²) in [6, 6.07) is 8.94. The predicted molar refractivity (Wildman–Crippen MR) is 75.7 cm³/mol. The molecule has 2 N–H and O–H groups in total. The number of likely N-dealkylation sites (N-methyl/N-ethyl adjacent to an activating group) is 1. The van der Waals surface area contributed by atoms with Gasteiger partial charge in [0.1, 0.15) is 11.9 Å². The van der Waals surface area contributed by atoms with Crippen LogP contribution in [-0.2, 0) is 4.79 Å². The van der Waals surface area contributed by atoms with Gasteiger partial charge in [0.05, 0.1) is 0 Å². The Morgan fingerprint density at radius 1 is 1.42 bits per heavy atom. The largest absolute Gasteiger partial charge is 0.316 e. The van der Waals surface area contributed by atoms with Crippen LogP contribution in [-0.4, -0.2) is 12.5 Å². The third kappa shape index (κ3) is 3.00. The number of rotatable bonds is 4. The van der Waals surface area contributed by atoms with Crippen LogP contribution in [0, 0.1) is 5.82 Å². The first kappa shape index (κ1) is 13.7. The Hall–Kier alpha value is -1.72. The molecule has 1 atom stereocenters. The standard InChI is InChI=1S/C14H15FN2OS/c1-2-17(11-6-3-5-10(15)9-11)14(18)13(16)12-7-4-8-19-12/h3-9,13H,2,16H2,1H3. The molecule has 0 spiro atoms. The molecule has 1 aromatic carbocycles. The SMILES string of the molecule is CCN(C(=O)C(N)c1cccs1)c1cccc(F)c1. The van der Waals surface area contributed by atoms with Gasteiger partial charge in [-0.2, -0.15) is 0 Å². The molecule has 0 aliphatic rings. The first-order valence-electron chi connectivity index (χ1n) is 5.99. The highest BCUT2D eigenvalue weighted by Gasteiger charge is 2.23. The van der Waals surface area contributed by atoms with Crippen molar-refractivity contribution in [3.05, 3.63) is 52.5 Å². The maximum Gasteiger partial charge on any atom is 0.249 e. The topological polar surface area (TPSA) is 46.3 Å². The minimum Gasteiger partial charge on any atom is -0.316 e. The van der Waals surface area contributed by atoms with Crippen molar-refractivity contribution in [1.82, 2.24) is 0 Å². The molecule has 3 nitrogen and oxygen atoms in total. The summed E-state index contributed by atoms with van der Waals surface area (Å²) in [6.07, 6.45) is 0. The molecule has 0 saturated carbocycles. The number of benzene rings is 1. The molecule has 2 aromatic rings. The third-order valence-electron chi connectivity index (χ3n) is 2.82. The van der Waals surface area contributed by atoms with Gasteiger partial charge in [-0.1, -0.05) is 12.1 Å². The fraction of sp³-hybridized carbons (Fsp3) is 0.214. The highest BCUT2D eigenvalue weighted by molar-refractivity contribution is 7.10. The molecule has 0 radical (unpaired) electrons. The van der Waals surface area contributed by atoms with Crippen molar-refractivity contribution >= 4 is 22.9 Å². The van der Waals surface area contributed by atoms with E-state index in [0.717, 1.165) is 4.88 Å². The second-order valence-electron chi connectivity index (χ2n) is 4.06. The van der Waals surface area contributed by atoms with E-state index in [1.54, 1.807) is 12.1 Å². The molecular formula is C14H15FN2OS. The van der Waals surface area contributed by atoms with Crippen molar-refractivity contribution in [2.75, 3.05) is 11.4 Å². The summed E-state index contributed by atoms with van der Waals surface area (Å²) < 4.78 is 13.2. The Morgan fingerprint density at radius 2 is 2.21 bits per heavy atom. The Balaban J connectivity index is 2.25. The second kappa shape index (κ2) is 5.95. The summed E-state index contributed by atoms with van der Waals surface area (Å²) in [5, 5.41) is 1.88. The van der Waals surface area contributed by atoms with Crippen molar-refractivity contribution in [1.29, 1.82) is 0 Å². The number of nitrogens with zero attached hydrogens (tertiary/aromatic N) is 1. The van der Waals surface area contributed by atoms with Gasteiger partial charge in [0, 0.05) is 17.1 Å². The van der Waals surface area contributed by atoms with Crippen LogP contribution >= 0.6 is 11.3 Å². The quantitative estimate of drug-likeness (QED) is 0.934. The monoisotopic (exact) mass is 278 g/mol. The highest BCUT2D eigenvalue weighted by atomic mass is 32.1. The van der Waals surface area contributed by atoms with Crippen LogP contribution in [0.4, 0.5) is 10.1 Å². The zero-order valence-electron chi connectivity index (χ0n) is 10.5. The number of thiophene rings is 1. The number of hydrogen-bond donors (Lipinski definition) is 1. The van der Waals surface area contributed by atoms with Crippen LogP contribution in [0.25, 0.3) is 0 Å². The molecule has 5 heteroatoms. The maximum atomic E-state index is 13.2. The summed E-state index contributed by atoms with van der Waals surface area (Å²) in [5.74, 6) is -0.594. The van der Waals surface area contributed by atoms with Gasteiger partial charge >= 0.3 is 0 Å². The van der Waals surface area contributed by atoms with Crippen LogP contribution in [0.3, 0.4) is 0 Å². The lowest BCUT2D eigenvalue weighted by molar-refractivity contribution is -0.119. The minimum atomic E-state index is -0.705. The molecule has 0 aliphatic carbocycles. The molecule has 100 valence electrons. The Kier molecular flexibility index (Phi) is 4.29. The molecule has 2 rings (SSSR count). The Labute approximate surface area is 115 Å². The second-order valence-corrected chi connectivity index (χ2v) is 5.03. The van der Waals surface area contributed by atoms with Crippen LogP contribution in [0.15, 0.2) is 41.8 Å². The summed E-state index contributed by atoms with van der Waals surface area (Å²) >= 11 is 1.44. The molecule has 1 aromatic heterocycles. The summed E-state index contributed by atoms with van der Waals surface area (Å²) in [5.41, 5.74) is 6.49. The highest BCUT2D eigenvalue weighted by Crippen LogP contribution is 2.23. The molecule has 1 unspecified atom stereocenters. The van der Waals surface area contributed by atoms with E-state index in [-0.39, 0.29) is 11.7 Å². The number of amides is 1. The van der Waals surface area contributed by atoms with E-state index in [1.165, 1.54) is 28.4 Å². The van der Waals surface area contributed by atoms with Gasteiger partial charge in [-0.15, -0.1) is 11.3 Å². The number of carbonyl (C=O) groups is 1. The van der Waals surface area contributed by atoms with Crippen molar-refractivity contribution in [2.45, 2.75) is 13.0 Å². The van der Waals surface area contributed by atoms with Crippen molar-refractivity contribution in [3.8, 4) is 0 Å². The molecule has 1 amide bonds. The number of carbonyl (C=O) groups excluding carboxylic acids is 1. The average molecular weight is 278 g/mol. The molecule has 0 fully saturated rings. The molecule has 19 heavy (non-hydrogen) atoms. The average Bonchev–Trinajstić information content (AvgIpc) is 2.92. The maximum absolute atomic E-state index is 13.2. The fourth-order valence-corrected chi connectivity index (χ4v) is 2.59. The Morgan fingerprint density at radius 3 is 2.79 bits per heavy atom. The number of nitrogens with two attached hydrogens (primary N) is 1. The minimum absolute atomic E-state index is 0.226. The van der Waals surface area contributed by atoms with E-state index in [4.69, 9.17) is 5.73 Å². The van der Waals surface area contributed by atoms with E-state index in [9.17, 15) is 9.18 Å². The van der Waals surface area contributed by atoms with Crippen LogP contribution < -0.4 is 10.6 Å².